The van der Waals surface area contributed by atoms with Crippen LogP contribution in [0.2, 0.25) is 0 Å². The summed E-state index contributed by atoms with van der Waals surface area (Å²) in [5.74, 6) is 0.683. The van der Waals surface area contributed by atoms with Crippen molar-refractivity contribution >= 4 is 5.91 Å². The van der Waals surface area contributed by atoms with Crippen molar-refractivity contribution in [3.8, 4) is 0 Å². The van der Waals surface area contributed by atoms with Crippen LogP contribution in [0.5, 0.6) is 0 Å². The van der Waals surface area contributed by atoms with E-state index in [0.717, 1.165) is 44.5 Å². The van der Waals surface area contributed by atoms with Crippen LogP contribution in [-0.2, 0) is 15.9 Å². The molecule has 0 aliphatic carbocycles. The normalized spacial score (nSPS) is 28.5. The van der Waals surface area contributed by atoms with Crippen LogP contribution in [0.3, 0.4) is 0 Å². The Morgan fingerprint density at radius 1 is 1.55 bits per heavy atom. The van der Waals surface area contributed by atoms with E-state index >= 15 is 0 Å². The van der Waals surface area contributed by atoms with Crippen molar-refractivity contribution < 1.29 is 18.8 Å². The molecular weight excluding hydrogens is 284 g/mol. The molecule has 1 aromatic heterocycles. The van der Waals surface area contributed by atoms with E-state index in [1.807, 2.05) is 0 Å². The highest BCUT2D eigenvalue weighted by atomic mass is 16.6. The third-order valence-corrected chi connectivity index (χ3v) is 4.76. The van der Waals surface area contributed by atoms with E-state index in [1.54, 1.807) is 18.1 Å². The van der Waals surface area contributed by atoms with Gasteiger partial charge < -0.3 is 18.9 Å². The van der Waals surface area contributed by atoms with Gasteiger partial charge in [0.15, 0.2) is 5.69 Å². The molecule has 1 amide bonds. The van der Waals surface area contributed by atoms with Gasteiger partial charge in [-0.2, -0.15) is 0 Å². The van der Waals surface area contributed by atoms with Gasteiger partial charge in [-0.05, 0) is 25.7 Å². The molecule has 3 rings (SSSR count). The zero-order valence-corrected chi connectivity index (χ0v) is 13.3. The summed E-state index contributed by atoms with van der Waals surface area (Å²) < 4.78 is 16.8. The van der Waals surface area contributed by atoms with Crippen LogP contribution in [0.15, 0.2) is 10.6 Å². The molecule has 0 N–H and O–H groups in total. The van der Waals surface area contributed by atoms with Gasteiger partial charge in [0.1, 0.15) is 11.9 Å². The molecule has 2 fully saturated rings. The van der Waals surface area contributed by atoms with Gasteiger partial charge in [0.25, 0.3) is 5.91 Å². The van der Waals surface area contributed by atoms with Crippen LogP contribution in [0.1, 0.15) is 48.9 Å². The fourth-order valence-electron chi connectivity index (χ4n) is 3.53. The van der Waals surface area contributed by atoms with E-state index < -0.39 is 0 Å². The Balaban J connectivity index is 1.68. The van der Waals surface area contributed by atoms with E-state index in [9.17, 15) is 4.79 Å². The minimum Gasteiger partial charge on any atom is -0.377 e. The lowest BCUT2D eigenvalue weighted by atomic mass is 9.85. The summed E-state index contributed by atoms with van der Waals surface area (Å²) in [5, 5.41) is 3.91. The van der Waals surface area contributed by atoms with Gasteiger partial charge in [-0.15, -0.1) is 0 Å². The second-order valence-corrected chi connectivity index (χ2v) is 6.17. The van der Waals surface area contributed by atoms with Crippen LogP contribution < -0.4 is 0 Å². The van der Waals surface area contributed by atoms with Crippen LogP contribution in [-0.4, -0.2) is 54.5 Å². The number of hydrogen-bond acceptors (Lipinski definition) is 5. The number of methoxy groups -OCH3 is 1. The number of likely N-dealkylation sites (tertiary alicyclic amines) is 1. The largest absolute Gasteiger partial charge is 0.377 e. The van der Waals surface area contributed by atoms with Gasteiger partial charge in [-0.3, -0.25) is 4.79 Å². The summed E-state index contributed by atoms with van der Waals surface area (Å²) in [5.41, 5.74) is 0.185. The lowest BCUT2D eigenvalue weighted by Crippen LogP contribution is -2.57. The zero-order valence-electron chi connectivity index (χ0n) is 13.3. The molecule has 2 aliphatic rings. The molecule has 2 saturated heterocycles. The Kier molecular flexibility index (Phi) is 4.49. The van der Waals surface area contributed by atoms with Crippen molar-refractivity contribution in [1.29, 1.82) is 0 Å². The molecule has 0 radical (unpaired) electrons. The summed E-state index contributed by atoms with van der Waals surface area (Å²) >= 11 is 0. The highest BCUT2D eigenvalue weighted by Gasteiger charge is 2.47. The SMILES string of the molecule is CCCc1cc(C(=O)N2CC[C@@]3(CCCO3)[C@@H](OC)C2)no1. The molecule has 3 heterocycles. The van der Waals surface area contributed by atoms with Crippen molar-refractivity contribution in [3.05, 3.63) is 17.5 Å². The molecule has 6 nitrogen and oxygen atoms in total. The first-order chi connectivity index (χ1) is 10.7. The molecule has 1 spiro atoms. The number of carbonyl (C=O) groups is 1. The first kappa shape index (κ1) is 15.5. The lowest BCUT2D eigenvalue weighted by Gasteiger charge is -2.44. The number of rotatable bonds is 4. The van der Waals surface area contributed by atoms with Crippen LogP contribution in [0.4, 0.5) is 0 Å². The fourth-order valence-corrected chi connectivity index (χ4v) is 3.53. The lowest BCUT2D eigenvalue weighted by molar-refractivity contribution is -0.136. The highest BCUT2D eigenvalue weighted by molar-refractivity contribution is 5.92. The molecular formula is C16H24N2O4. The molecule has 0 unspecified atom stereocenters. The van der Waals surface area contributed by atoms with Gasteiger partial charge in [-0.1, -0.05) is 12.1 Å². The summed E-state index contributed by atoms with van der Waals surface area (Å²) in [4.78, 5) is 14.4. The van der Waals surface area contributed by atoms with E-state index in [-0.39, 0.29) is 17.6 Å². The van der Waals surface area contributed by atoms with Crippen molar-refractivity contribution in [3.63, 3.8) is 0 Å². The van der Waals surface area contributed by atoms with Crippen molar-refractivity contribution in [1.82, 2.24) is 10.1 Å². The summed E-state index contributed by atoms with van der Waals surface area (Å²) in [7, 11) is 1.69. The predicted octanol–water partition coefficient (Wildman–Crippen LogP) is 2.04. The third-order valence-electron chi connectivity index (χ3n) is 4.76. The maximum absolute atomic E-state index is 12.6. The number of carbonyl (C=O) groups excluding carboxylic acids is 1. The average molecular weight is 308 g/mol. The smallest absolute Gasteiger partial charge is 0.276 e. The van der Waals surface area contributed by atoms with E-state index in [2.05, 4.69) is 12.1 Å². The molecule has 6 heteroatoms. The third kappa shape index (κ3) is 2.77. The predicted molar refractivity (Wildman–Crippen MR) is 79.7 cm³/mol. The molecule has 22 heavy (non-hydrogen) atoms. The van der Waals surface area contributed by atoms with Crippen LogP contribution in [0, 0.1) is 0 Å². The van der Waals surface area contributed by atoms with E-state index in [1.165, 1.54) is 0 Å². The van der Waals surface area contributed by atoms with E-state index in [0.29, 0.717) is 18.8 Å². The standard InChI is InChI=1S/C16H24N2O4/c1-3-5-12-10-13(17-22-12)15(19)18-8-7-16(6-4-9-21-16)14(11-18)20-2/h10,14H,3-9,11H2,1-2H3/t14-,16-/m0/s1. The number of piperidine rings is 1. The minimum atomic E-state index is -0.206. The summed E-state index contributed by atoms with van der Waals surface area (Å²) in [6, 6.07) is 1.75. The minimum absolute atomic E-state index is 0.0743. The number of amides is 1. The Bertz CT molecular complexity index is 522. The van der Waals surface area contributed by atoms with Gasteiger partial charge in [0.05, 0.1) is 12.1 Å². The number of ether oxygens (including phenoxy) is 2. The van der Waals surface area contributed by atoms with E-state index in [4.69, 9.17) is 14.0 Å². The molecule has 2 aliphatic heterocycles. The van der Waals surface area contributed by atoms with Crippen LogP contribution >= 0.6 is 0 Å². The molecule has 2 atom stereocenters. The Labute approximate surface area is 130 Å². The maximum Gasteiger partial charge on any atom is 0.276 e. The van der Waals surface area contributed by atoms with Gasteiger partial charge in [-0.25, -0.2) is 0 Å². The van der Waals surface area contributed by atoms with Crippen molar-refractivity contribution in [2.75, 3.05) is 26.8 Å². The molecule has 0 saturated carbocycles. The van der Waals surface area contributed by atoms with Gasteiger partial charge in [0, 0.05) is 32.7 Å². The van der Waals surface area contributed by atoms with Gasteiger partial charge in [0.2, 0.25) is 0 Å². The summed E-state index contributed by atoms with van der Waals surface area (Å²) in [6.07, 6.45) is 4.59. The second kappa shape index (κ2) is 6.38. The molecule has 1 aromatic rings. The Morgan fingerprint density at radius 3 is 3.09 bits per heavy atom. The fraction of sp³-hybridized carbons (Fsp3) is 0.750. The first-order valence-electron chi connectivity index (χ1n) is 8.10. The highest BCUT2D eigenvalue weighted by Crippen LogP contribution is 2.37. The monoisotopic (exact) mass is 308 g/mol. The first-order valence-corrected chi connectivity index (χ1v) is 8.10. The number of aromatic nitrogens is 1. The second-order valence-electron chi connectivity index (χ2n) is 6.17. The topological polar surface area (TPSA) is 64.8 Å². The van der Waals surface area contributed by atoms with Crippen LogP contribution in [0.25, 0.3) is 0 Å². The Hall–Kier alpha value is -1.40. The van der Waals surface area contributed by atoms with Crippen molar-refractivity contribution in [2.24, 2.45) is 0 Å². The molecule has 0 aromatic carbocycles. The summed E-state index contributed by atoms with van der Waals surface area (Å²) in [6.45, 7) is 4.08. The van der Waals surface area contributed by atoms with Gasteiger partial charge >= 0.3 is 0 Å². The maximum atomic E-state index is 12.6. The number of nitrogens with zero attached hydrogens (tertiary/aromatic N) is 2. The number of aryl methyl sites for hydroxylation is 1. The average Bonchev–Trinajstić information content (AvgIpc) is 3.18. The van der Waals surface area contributed by atoms with Crippen molar-refractivity contribution in [2.45, 2.75) is 50.7 Å². The zero-order chi connectivity index (χ0) is 15.6. The Morgan fingerprint density at radius 2 is 2.41 bits per heavy atom. The quantitative estimate of drug-likeness (QED) is 0.851. The molecule has 0 bridgehead atoms. The number of hydrogen-bond donors (Lipinski definition) is 0. The molecule has 122 valence electrons.